The molecule has 2 aromatic rings. The summed E-state index contributed by atoms with van der Waals surface area (Å²) < 4.78 is 2.15. The lowest BCUT2D eigenvalue weighted by molar-refractivity contribution is -0.126. The molecule has 2 amide bonds. The van der Waals surface area contributed by atoms with Gasteiger partial charge in [0.2, 0.25) is 11.8 Å². The third kappa shape index (κ3) is 5.75. The van der Waals surface area contributed by atoms with E-state index in [0.717, 1.165) is 38.8 Å². The molecule has 34 heavy (non-hydrogen) atoms. The summed E-state index contributed by atoms with van der Waals surface area (Å²) in [7, 11) is 0. The molecule has 0 radical (unpaired) electrons. The quantitative estimate of drug-likeness (QED) is 0.428. The average Bonchev–Trinajstić information content (AvgIpc) is 3.65. The van der Waals surface area contributed by atoms with Crippen LogP contribution in [0.15, 0.2) is 42.5 Å². The summed E-state index contributed by atoms with van der Waals surface area (Å²) in [5.74, 6) is 2.26. The van der Waals surface area contributed by atoms with Crippen molar-refractivity contribution in [2.45, 2.75) is 50.2 Å². The van der Waals surface area contributed by atoms with Crippen molar-refractivity contribution < 1.29 is 9.59 Å². The number of carbonyl (C=O) groups excluding carboxylic acids is 2. The standard InChI is InChI=1S/C27H34N4O2S/c1-4-27(14-15-27)29-25(32)18-28-26(33)19-31(34-3)22-12-16-30(17-13-22)20(2)23-11-7-9-21-8-5-6-10-24(21)23/h1,5-11,20,22H,12-19H2,2-3H3,(H,28,33)(H,29,32). The van der Waals surface area contributed by atoms with Gasteiger partial charge in [-0.3, -0.25) is 14.5 Å². The molecule has 2 fully saturated rings. The van der Waals surface area contributed by atoms with Crippen LogP contribution in [0.4, 0.5) is 0 Å². The minimum absolute atomic E-state index is 0.0362. The molecule has 6 nitrogen and oxygen atoms in total. The van der Waals surface area contributed by atoms with Crippen LogP contribution in [-0.4, -0.2) is 65.0 Å². The van der Waals surface area contributed by atoms with Crippen molar-refractivity contribution in [3.05, 3.63) is 48.0 Å². The van der Waals surface area contributed by atoms with Crippen LogP contribution < -0.4 is 10.6 Å². The van der Waals surface area contributed by atoms with Crippen LogP contribution in [0, 0.1) is 12.3 Å². The van der Waals surface area contributed by atoms with Crippen molar-refractivity contribution in [1.29, 1.82) is 0 Å². The monoisotopic (exact) mass is 478 g/mol. The van der Waals surface area contributed by atoms with Crippen molar-refractivity contribution in [3.63, 3.8) is 0 Å². The van der Waals surface area contributed by atoms with E-state index in [1.165, 1.54) is 16.3 Å². The van der Waals surface area contributed by atoms with Crippen LogP contribution in [0.5, 0.6) is 0 Å². The van der Waals surface area contributed by atoms with Gasteiger partial charge in [0.25, 0.3) is 0 Å². The van der Waals surface area contributed by atoms with Gasteiger partial charge in [-0.1, -0.05) is 60.3 Å². The van der Waals surface area contributed by atoms with Crippen LogP contribution in [0.3, 0.4) is 0 Å². The van der Waals surface area contributed by atoms with Gasteiger partial charge < -0.3 is 10.6 Å². The lowest BCUT2D eigenvalue weighted by Gasteiger charge is -2.40. The molecule has 2 aromatic carbocycles. The third-order valence-electron chi connectivity index (χ3n) is 7.11. The number of carbonyl (C=O) groups is 2. The summed E-state index contributed by atoms with van der Waals surface area (Å²) in [5.41, 5.74) is 0.887. The Labute approximate surface area is 207 Å². The molecule has 1 atom stereocenters. The van der Waals surface area contributed by atoms with E-state index in [9.17, 15) is 9.59 Å². The van der Waals surface area contributed by atoms with Crippen LogP contribution in [0.1, 0.15) is 44.2 Å². The highest BCUT2D eigenvalue weighted by molar-refractivity contribution is 7.96. The second-order valence-electron chi connectivity index (χ2n) is 9.32. The molecule has 180 valence electrons. The maximum Gasteiger partial charge on any atom is 0.240 e. The Morgan fingerprint density at radius 3 is 2.56 bits per heavy atom. The first-order valence-electron chi connectivity index (χ1n) is 12.0. The number of rotatable bonds is 9. The maximum absolute atomic E-state index is 12.5. The predicted octanol–water partition coefficient (Wildman–Crippen LogP) is 3.34. The number of terminal acetylenes is 1. The van der Waals surface area contributed by atoms with Gasteiger partial charge in [0.15, 0.2) is 0 Å². The predicted molar refractivity (Wildman–Crippen MR) is 139 cm³/mol. The molecular formula is C27H34N4O2S. The van der Waals surface area contributed by atoms with Crippen molar-refractivity contribution in [2.75, 3.05) is 32.4 Å². The summed E-state index contributed by atoms with van der Waals surface area (Å²) in [6.45, 7) is 4.51. The first-order valence-corrected chi connectivity index (χ1v) is 13.2. The number of nitrogens with zero attached hydrogens (tertiary/aromatic N) is 2. The van der Waals surface area contributed by atoms with E-state index in [2.05, 4.69) is 75.1 Å². The number of hydrogen-bond donors (Lipinski definition) is 2. The number of likely N-dealkylation sites (tertiary alicyclic amines) is 1. The van der Waals surface area contributed by atoms with Crippen molar-refractivity contribution in [2.24, 2.45) is 0 Å². The highest BCUT2D eigenvalue weighted by atomic mass is 32.2. The van der Waals surface area contributed by atoms with Crippen LogP contribution in [0.25, 0.3) is 10.8 Å². The fourth-order valence-electron chi connectivity index (χ4n) is 4.83. The summed E-state index contributed by atoms with van der Waals surface area (Å²) in [5, 5.41) is 8.17. The molecule has 0 bridgehead atoms. The summed E-state index contributed by atoms with van der Waals surface area (Å²) >= 11 is 1.60. The summed E-state index contributed by atoms with van der Waals surface area (Å²) in [4.78, 5) is 27.1. The van der Waals surface area contributed by atoms with E-state index in [1.807, 2.05) is 6.26 Å². The molecular weight excluding hydrogens is 444 g/mol. The highest BCUT2D eigenvalue weighted by Gasteiger charge is 2.42. The Bertz CT molecular complexity index is 1060. The van der Waals surface area contributed by atoms with Gasteiger partial charge in [0.1, 0.15) is 5.54 Å². The summed E-state index contributed by atoms with van der Waals surface area (Å²) in [6.07, 6.45) is 11.1. The van der Waals surface area contributed by atoms with Gasteiger partial charge in [0, 0.05) is 25.2 Å². The smallest absolute Gasteiger partial charge is 0.240 e. The number of piperidine rings is 1. The van der Waals surface area contributed by atoms with Gasteiger partial charge >= 0.3 is 0 Å². The average molecular weight is 479 g/mol. The van der Waals surface area contributed by atoms with E-state index in [4.69, 9.17) is 6.42 Å². The summed E-state index contributed by atoms with van der Waals surface area (Å²) in [6, 6.07) is 15.8. The molecule has 1 saturated heterocycles. The first-order chi connectivity index (χ1) is 16.4. The Hall–Kier alpha value is -2.53. The minimum Gasteiger partial charge on any atom is -0.346 e. The zero-order chi connectivity index (χ0) is 24.1. The normalized spacial score (nSPS) is 18.9. The number of amides is 2. The molecule has 4 rings (SSSR count). The molecule has 1 heterocycles. The Morgan fingerprint density at radius 1 is 1.18 bits per heavy atom. The molecule has 2 aliphatic rings. The molecule has 1 aliphatic carbocycles. The van der Waals surface area contributed by atoms with Crippen LogP contribution in [-0.2, 0) is 9.59 Å². The molecule has 0 spiro atoms. The third-order valence-corrected chi connectivity index (χ3v) is 8.01. The Kier molecular flexibility index (Phi) is 7.82. The topological polar surface area (TPSA) is 64.7 Å². The molecule has 2 N–H and O–H groups in total. The SMILES string of the molecule is C#CC1(NC(=O)CNC(=O)CN(SC)C2CCN(C(C)c3cccc4ccccc34)CC2)CC1. The zero-order valence-electron chi connectivity index (χ0n) is 20.0. The number of nitrogens with one attached hydrogen (secondary N) is 2. The van der Waals surface area contributed by atoms with E-state index in [0.29, 0.717) is 12.1 Å². The van der Waals surface area contributed by atoms with E-state index >= 15 is 0 Å². The minimum atomic E-state index is -0.482. The van der Waals surface area contributed by atoms with E-state index < -0.39 is 5.54 Å². The fraction of sp³-hybridized carbons (Fsp3) is 0.481. The molecule has 1 aliphatic heterocycles. The number of fused-ring (bicyclic) bond motifs is 1. The fourth-order valence-corrected chi connectivity index (χ4v) is 5.59. The van der Waals surface area contributed by atoms with Crippen LogP contribution >= 0.6 is 11.9 Å². The lowest BCUT2D eigenvalue weighted by Crippen LogP contribution is -2.47. The van der Waals surface area contributed by atoms with Crippen molar-refractivity contribution in [3.8, 4) is 12.3 Å². The zero-order valence-corrected chi connectivity index (χ0v) is 20.9. The largest absolute Gasteiger partial charge is 0.346 e. The van der Waals surface area contributed by atoms with Crippen LogP contribution in [0.2, 0.25) is 0 Å². The second kappa shape index (κ2) is 10.8. The lowest BCUT2D eigenvalue weighted by atomic mass is 9.96. The Morgan fingerprint density at radius 2 is 1.88 bits per heavy atom. The molecule has 7 heteroatoms. The molecule has 1 saturated carbocycles. The Balaban J connectivity index is 1.26. The number of benzene rings is 2. The van der Waals surface area contributed by atoms with Gasteiger partial charge in [-0.2, -0.15) is 0 Å². The van der Waals surface area contributed by atoms with Crippen molar-refractivity contribution in [1.82, 2.24) is 19.8 Å². The van der Waals surface area contributed by atoms with E-state index in [1.54, 1.807) is 11.9 Å². The number of hydrogen-bond acceptors (Lipinski definition) is 5. The van der Waals surface area contributed by atoms with E-state index in [-0.39, 0.29) is 24.9 Å². The second-order valence-corrected chi connectivity index (χ2v) is 10.2. The van der Waals surface area contributed by atoms with Gasteiger partial charge in [-0.05, 0) is 55.2 Å². The highest BCUT2D eigenvalue weighted by Crippen LogP contribution is 2.34. The molecule has 1 unspecified atom stereocenters. The van der Waals surface area contributed by atoms with Crippen molar-refractivity contribution >= 4 is 34.5 Å². The molecule has 0 aromatic heterocycles. The van der Waals surface area contributed by atoms with Gasteiger partial charge in [0.05, 0.1) is 13.1 Å². The van der Waals surface area contributed by atoms with Gasteiger partial charge in [-0.15, -0.1) is 6.42 Å². The first kappa shape index (κ1) is 24.6. The maximum atomic E-state index is 12.5. The van der Waals surface area contributed by atoms with Gasteiger partial charge in [-0.25, -0.2) is 4.31 Å².